The van der Waals surface area contributed by atoms with E-state index in [1.807, 2.05) is 0 Å². The van der Waals surface area contributed by atoms with E-state index >= 15 is 0 Å². The van der Waals surface area contributed by atoms with Crippen LogP contribution in [0.4, 0.5) is 0 Å². The van der Waals surface area contributed by atoms with Crippen LogP contribution in [-0.4, -0.2) is 0 Å². The maximum Gasteiger partial charge on any atom is 0.212 e. The minimum Gasteiger partial charge on any atom is -0.198 e. The van der Waals surface area contributed by atoms with Crippen molar-refractivity contribution < 1.29 is 4.57 Å². The van der Waals surface area contributed by atoms with Crippen molar-refractivity contribution in [1.29, 1.82) is 0 Å². The van der Waals surface area contributed by atoms with Crippen molar-refractivity contribution in [2.24, 2.45) is 13.0 Å². The molecule has 18 heavy (non-hydrogen) atoms. The molecule has 0 aliphatic carbocycles. The lowest BCUT2D eigenvalue weighted by atomic mass is 9.94. The molecule has 1 aromatic carbocycles. The fourth-order valence-electron chi connectivity index (χ4n) is 2.65. The molecule has 0 N–H and O–H groups in total. The monoisotopic (exact) mass is 242 g/mol. The molecule has 1 heteroatoms. The van der Waals surface area contributed by atoms with Gasteiger partial charge >= 0.3 is 0 Å². The van der Waals surface area contributed by atoms with Crippen molar-refractivity contribution in [3.63, 3.8) is 0 Å². The van der Waals surface area contributed by atoms with E-state index in [1.54, 1.807) is 0 Å². The number of aryl methyl sites for hydroxylation is 1. The summed E-state index contributed by atoms with van der Waals surface area (Å²) in [5, 5.41) is 1.34. The van der Waals surface area contributed by atoms with E-state index in [4.69, 9.17) is 0 Å². The summed E-state index contributed by atoms with van der Waals surface area (Å²) >= 11 is 0. The molecule has 0 aliphatic heterocycles. The summed E-state index contributed by atoms with van der Waals surface area (Å²) in [6.45, 7) is 9.15. The van der Waals surface area contributed by atoms with Crippen LogP contribution in [0.15, 0.2) is 30.3 Å². The third-order valence-corrected chi connectivity index (χ3v) is 3.57. The molecule has 0 amide bonds. The Morgan fingerprint density at radius 1 is 1.06 bits per heavy atom. The van der Waals surface area contributed by atoms with Gasteiger partial charge in [0.2, 0.25) is 5.52 Å². The van der Waals surface area contributed by atoms with Crippen LogP contribution in [0.2, 0.25) is 0 Å². The first-order valence-electron chi connectivity index (χ1n) is 6.91. The number of fused-ring (bicyclic) bond motifs is 1. The summed E-state index contributed by atoms with van der Waals surface area (Å²) in [5.41, 5.74) is 4.31. The summed E-state index contributed by atoms with van der Waals surface area (Å²) in [6.07, 6.45) is 1.15. The van der Waals surface area contributed by atoms with Crippen molar-refractivity contribution in [2.75, 3.05) is 0 Å². The maximum absolute atomic E-state index is 2.38. The SMILES string of the molecule is CC(C)Cc1c(C(C)C)cc2ccccc2[n+]1C. The van der Waals surface area contributed by atoms with Crippen LogP contribution in [0, 0.1) is 5.92 Å². The topological polar surface area (TPSA) is 3.88 Å². The lowest BCUT2D eigenvalue weighted by Gasteiger charge is -2.14. The third kappa shape index (κ3) is 2.40. The molecule has 0 bridgehead atoms. The number of para-hydroxylation sites is 1. The lowest BCUT2D eigenvalue weighted by molar-refractivity contribution is -0.653. The van der Waals surface area contributed by atoms with E-state index in [2.05, 4.69) is 69.6 Å². The molecule has 0 saturated heterocycles. The van der Waals surface area contributed by atoms with Crippen LogP contribution in [0.1, 0.15) is 44.9 Å². The number of benzene rings is 1. The van der Waals surface area contributed by atoms with Crippen molar-refractivity contribution in [2.45, 2.75) is 40.0 Å². The summed E-state index contributed by atoms with van der Waals surface area (Å²) in [7, 11) is 2.20. The Labute approximate surface area is 110 Å². The van der Waals surface area contributed by atoms with Crippen molar-refractivity contribution in [3.05, 3.63) is 41.6 Å². The van der Waals surface area contributed by atoms with E-state index in [0.717, 1.165) is 6.42 Å². The number of nitrogens with zero attached hydrogens (tertiary/aromatic N) is 1. The van der Waals surface area contributed by atoms with Crippen LogP contribution in [-0.2, 0) is 13.5 Å². The highest BCUT2D eigenvalue weighted by atomic mass is 14.9. The van der Waals surface area contributed by atoms with E-state index in [-0.39, 0.29) is 0 Å². The molecule has 0 radical (unpaired) electrons. The molecule has 0 spiro atoms. The Kier molecular flexibility index (Phi) is 3.70. The Hall–Kier alpha value is -1.37. The molecule has 0 saturated carbocycles. The van der Waals surface area contributed by atoms with Crippen LogP contribution < -0.4 is 4.57 Å². The van der Waals surface area contributed by atoms with Crippen molar-refractivity contribution >= 4 is 10.9 Å². The Morgan fingerprint density at radius 2 is 1.72 bits per heavy atom. The number of hydrogen-bond acceptors (Lipinski definition) is 0. The van der Waals surface area contributed by atoms with Gasteiger partial charge in [0.15, 0.2) is 5.69 Å². The average Bonchev–Trinajstić information content (AvgIpc) is 2.32. The first-order chi connectivity index (χ1) is 8.50. The van der Waals surface area contributed by atoms with Crippen LogP contribution in [0.3, 0.4) is 0 Å². The molecular formula is C17H24N+. The molecule has 96 valence electrons. The van der Waals surface area contributed by atoms with Gasteiger partial charge in [-0.1, -0.05) is 39.8 Å². The zero-order chi connectivity index (χ0) is 13.3. The second kappa shape index (κ2) is 5.09. The normalized spacial score (nSPS) is 11.7. The standard InChI is InChI=1S/C17H24N/c1-12(2)10-17-15(13(3)4)11-14-8-6-7-9-16(14)18(17)5/h6-9,11-13H,10H2,1-5H3/q+1. The summed E-state index contributed by atoms with van der Waals surface area (Å²) in [4.78, 5) is 0. The van der Waals surface area contributed by atoms with E-state index < -0.39 is 0 Å². The molecule has 2 rings (SSSR count). The van der Waals surface area contributed by atoms with Crippen LogP contribution in [0.5, 0.6) is 0 Å². The molecular weight excluding hydrogens is 218 g/mol. The van der Waals surface area contributed by atoms with Crippen molar-refractivity contribution in [1.82, 2.24) is 0 Å². The fourth-order valence-corrected chi connectivity index (χ4v) is 2.65. The zero-order valence-electron chi connectivity index (χ0n) is 12.2. The smallest absolute Gasteiger partial charge is 0.198 e. The molecule has 1 heterocycles. The highest BCUT2D eigenvalue weighted by Gasteiger charge is 2.20. The minimum absolute atomic E-state index is 0.578. The molecule has 0 fully saturated rings. The number of pyridine rings is 1. The van der Waals surface area contributed by atoms with Gasteiger partial charge in [-0.15, -0.1) is 0 Å². The predicted molar refractivity (Wildman–Crippen MR) is 77.8 cm³/mol. The molecule has 0 atom stereocenters. The van der Waals surface area contributed by atoms with E-state index in [9.17, 15) is 0 Å². The van der Waals surface area contributed by atoms with E-state index in [1.165, 1.54) is 22.2 Å². The first kappa shape index (κ1) is 13.1. The van der Waals surface area contributed by atoms with Gasteiger partial charge in [0, 0.05) is 23.4 Å². The average molecular weight is 242 g/mol. The van der Waals surface area contributed by atoms with E-state index in [0.29, 0.717) is 11.8 Å². The van der Waals surface area contributed by atoms with Gasteiger partial charge in [-0.2, -0.15) is 4.57 Å². The molecule has 2 aromatic rings. The van der Waals surface area contributed by atoms with Gasteiger partial charge < -0.3 is 0 Å². The maximum atomic E-state index is 2.38. The molecule has 1 nitrogen and oxygen atoms in total. The van der Waals surface area contributed by atoms with Gasteiger partial charge in [0.05, 0.1) is 0 Å². The van der Waals surface area contributed by atoms with Gasteiger partial charge in [0.1, 0.15) is 7.05 Å². The van der Waals surface area contributed by atoms with Gasteiger partial charge in [-0.3, -0.25) is 0 Å². The number of rotatable bonds is 3. The lowest BCUT2D eigenvalue weighted by Crippen LogP contribution is -2.37. The Balaban J connectivity index is 2.71. The first-order valence-corrected chi connectivity index (χ1v) is 6.91. The summed E-state index contributed by atoms with van der Waals surface area (Å²) in [6, 6.07) is 11.0. The fraction of sp³-hybridized carbons (Fsp3) is 0.471. The van der Waals surface area contributed by atoms with Crippen LogP contribution >= 0.6 is 0 Å². The number of aromatic nitrogens is 1. The summed E-state index contributed by atoms with van der Waals surface area (Å²) in [5.74, 6) is 1.27. The van der Waals surface area contributed by atoms with Gasteiger partial charge in [0.25, 0.3) is 0 Å². The predicted octanol–water partition coefficient (Wildman–Crippen LogP) is 3.99. The highest BCUT2D eigenvalue weighted by molar-refractivity contribution is 5.76. The third-order valence-electron chi connectivity index (χ3n) is 3.57. The van der Waals surface area contributed by atoms with Crippen LogP contribution in [0.25, 0.3) is 10.9 Å². The van der Waals surface area contributed by atoms with Gasteiger partial charge in [-0.25, -0.2) is 0 Å². The Bertz CT molecular complexity index is 553. The minimum atomic E-state index is 0.578. The second-order valence-corrected chi connectivity index (χ2v) is 5.92. The zero-order valence-corrected chi connectivity index (χ0v) is 12.2. The molecule has 1 aromatic heterocycles. The highest BCUT2D eigenvalue weighted by Crippen LogP contribution is 2.23. The van der Waals surface area contributed by atoms with Gasteiger partial charge in [-0.05, 0) is 24.0 Å². The second-order valence-electron chi connectivity index (χ2n) is 5.92. The molecule has 0 unspecified atom stereocenters. The Morgan fingerprint density at radius 3 is 2.33 bits per heavy atom. The quantitative estimate of drug-likeness (QED) is 0.717. The number of hydrogen-bond donors (Lipinski definition) is 0. The molecule has 0 aliphatic rings. The van der Waals surface area contributed by atoms with Crippen molar-refractivity contribution in [3.8, 4) is 0 Å². The largest absolute Gasteiger partial charge is 0.212 e. The summed E-state index contributed by atoms with van der Waals surface area (Å²) < 4.78 is 2.38.